The number of quaternary nitrogens is 1. The molecule has 5 nitrogen and oxygen atoms in total. The summed E-state index contributed by atoms with van der Waals surface area (Å²) >= 11 is 0. The molecule has 5 heteroatoms. The van der Waals surface area contributed by atoms with Crippen LogP contribution in [-0.4, -0.2) is 53.3 Å². The van der Waals surface area contributed by atoms with E-state index in [4.69, 9.17) is 5.10 Å². The molecular weight excluding hydrogens is 324 g/mol. The Hall–Kier alpha value is -2.14. The van der Waals surface area contributed by atoms with E-state index in [1.807, 2.05) is 27.8 Å². The summed E-state index contributed by atoms with van der Waals surface area (Å²) in [6, 6.07) is 10.2. The molecule has 1 saturated heterocycles. The summed E-state index contributed by atoms with van der Waals surface area (Å²) in [5.74, 6) is 0.169. The smallest absolute Gasteiger partial charge is 0.258 e. The molecule has 0 bridgehead atoms. The largest absolute Gasteiger partial charge is 0.332 e. The number of aryl methyl sites for hydroxylation is 1. The van der Waals surface area contributed by atoms with Crippen LogP contribution < -0.4 is 4.90 Å². The number of nitrogens with one attached hydrogen (secondary N) is 1. The first-order chi connectivity index (χ1) is 12.7. The molecule has 2 aromatic rings. The van der Waals surface area contributed by atoms with E-state index >= 15 is 0 Å². The summed E-state index contributed by atoms with van der Waals surface area (Å²) in [5, 5.41) is 4.85. The molecule has 3 rings (SSSR count). The zero-order valence-corrected chi connectivity index (χ0v) is 16.3. The van der Waals surface area contributed by atoms with Crippen LogP contribution >= 0.6 is 0 Å². The van der Waals surface area contributed by atoms with Crippen LogP contribution in [-0.2, 0) is 12.8 Å². The lowest BCUT2D eigenvalue weighted by Gasteiger charge is -2.31. The minimum absolute atomic E-state index is 0.169. The molecule has 1 aliphatic heterocycles. The number of hydrogen-bond acceptors (Lipinski definition) is 2. The number of piperazine rings is 1. The van der Waals surface area contributed by atoms with Crippen LogP contribution in [0.15, 0.2) is 30.3 Å². The standard InChI is InChI=1S/C21H30N4O/c1-4-10-18-20(21(26)24-15-13-23(6-3)14-16-24)19(5-2)25(22-18)17-11-8-7-9-12-17/h7-9,11-12H,4-6,10,13-16H2,1-3H3/p+1. The number of aromatic nitrogens is 2. The van der Waals surface area contributed by atoms with Crippen molar-refractivity contribution < 1.29 is 9.69 Å². The minimum Gasteiger partial charge on any atom is -0.332 e. The molecule has 0 radical (unpaired) electrons. The van der Waals surface area contributed by atoms with Gasteiger partial charge < -0.3 is 9.80 Å². The Morgan fingerprint density at radius 3 is 2.38 bits per heavy atom. The third kappa shape index (κ3) is 3.68. The van der Waals surface area contributed by atoms with Gasteiger partial charge in [0.2, 0.25) is 0 Å². The SMILES string of the molecule is CCCc1nn(-c2ccccc2)c(CC)c1C(=O)N1CC[NH+](CC)CC1. The third-order valence-electron chi connectivity index (χ3n) is 5.35. The first-order valence-corrected chi connectivity index (χ1v) is 9.98. The van der Waals surface area contributed by atoms with Crippen LogP contribution in [0.4, 0.5) is 0 Å². The van der Waals surface area contributed by atoms with Gasteiger partial charge in [-0.05, 0) is 31.9 Å². The first kappa shape index (κ1) is 18.6. The van der Waals surface area contributed by atoms with Crippen LogP contribution in [0, 0.1) is 0 Å². The Kier molecular flexibility index (Phi) is 6.09. The average molecular weight is 356 g/mol. The quantitative estimate of drug-likeness (QED) is 0.858. The van der Waals surface area contributed by atoms with Gasteiger partial charge in [0.25, 0.3) is 5.91 Å². The van der Waals surface area contributed by atoms with Gasteiger partial charge in [0.05, 0.1) is 55.4 Å². The number of benzene rings is 1. The number of para-hydroxylation sites is 1. The number of rotatable bonds is 6. The van der Waals surface area contributed by atoms with E-state index in [9.17, 15) is 4.79 Å². The predicted octanol–water partition coefficient (Wildman–Crippen LogP) is 1.75. The summed E-state index contributed by atoms with van der Waals surface area (Å²) in [4.78, 5) is 17.0. The minimum atomic E-state index is 0.169. The average Bonchev–Trinajstić information content (AvgIpc) is 3.06. The second kappa shape index (κ2) is 8.49. The maximum atomic E-state index is 13.4. The Labute approximate surface area is 156 Å². The Balaban J connectivity index is 1.97. The van der Waals surface area contributed by atoms with E-state index in [-0.39, 0.29) is 5.91 Å². The highest BCUT2D eigenvalue weighted by Gasteiger charge is 2.29. The topological polar surface area (TPSA) is 42.6 Å². The van der Waals surface area contributed by atoms with Crippen molar-refractivity contribution in [3.05, 3.63) is 47.3 Å². The molecule has 1 fully saturated rings. The van der Waals surface area contributed by atoms with Gasteiger partial charge in [0.15, 0.2) is 0 Å². The van der Waals surface area contributed by atoms with Crippen molar-refractivity contribution in [1.82, 2.24) is 14.7 Å². The number of amides is 1. The van der Waals surface area contributed by atoms with Gasteiger partial charge >= 0.3 is 0 Å². The predicted molar refractivity (Wildman–Crippen MR) is 104 cm³/mol. The molecule has 0 aliphatic carbocycles. The van der Waals surface area contributed by atoms with Crippen molar-refractivity contribution in [2.75, 3.05) is 32.7 Å². The van der Waals surface area contributed by atoms with Gasteiger partial charge in [-0.3, -0.25) is 4.79 Å². The van der Waals surface area contributed by atoms with Gasteiger partial charge in [-0.2, -0.15) is 5.10 Å². The summed E-state index contributed by atoms with van der Waals surface area (Å²) in [6.45, 7) is 11.4. The number of carbonyl (C=O) groups excluding carboxylic acids is 1. The fourth-order valence-corrected chi connectivity index (χ4v) is 3.81. The molecule has 1 aromatic heterocycles. The lowest BCUT2D eigenvalue weighted by Crippen LogP contribution is -3.14. The molecule has 140 valence electrons. The Morgan fingerprint density at radius 1 is 1.12 bits per heavy atom. The fraction of sp³-hybridized carbons (Fsp3) is 0.524. The van der Waals surface area contributed by atoms with E-state index in [1.165, 1.54) is 0 Å². The molecule has 1 N–H and O–H groups in total. The van der Waals surface area contributed by atoms with E-state index in [0.717, 1.165) is 74.6 Å². The van der Waals surface area contributed by atoms with Gasteiger partial charge in [-0.15, -0.1) is 0 Å². The van der Waals surface area contributed by atoms with Gasteiger partial charge in [-0.1, -0.05) is 38.5 Å². The molecule has 0 spiro atoms. The van der Waals surface area contributed by atoms with Crippen molar-refractivity contribution in [2.24, 2.45) is 0 Å². The van der Waals surface area contributed by atoms with E-state index in [1.54, 1.807) is 4.90 Å². The maximum absolute atomic E-state index is 13.4. The van der Waals surface area contributed by atoms with E-state index < -0.39 is 0 Å². The second-order valence-corrected chi connectivity index (χ2v) is 7.02. The van der Waals surface area contributed by atoms with Gasteiger partial charge in [0.1, 0.15) is 0 Å². The molecule has 26 heavy (non-hydrogen) atoms. The first-order valence-electron chi connectivity index (χ1n) is 9.98. The highest BCUT2D eigenvalue weighted by atomic mass is 16.2. The maximum Gasteiger partial charge on any atom is 0.258 e. The normalized spacial score (nSPS) is 15.4. The summed E-state index contributed by atoms with van der Waals surface area (Å²) < 4.78 is 1.98. The number of likely N-dealkylation sites (N-methyl/N-ethyl adjacent to an activating group) is 1. The van der Waals surface area contributed by atoms with Gasteiger partial charge in [0, 0.05) is 0 Å². The Morgan fingerprint density at radius 2 is 1.81 bits per heavy atom. The van der Waals surface area contributed by atoms with Gasteiger partial charge in [-0.25, -0.2) is 4.68 Å². The van der Waals surface area contributed by atoms with Crippen LogP contribution in [0.1, 0.15) is 48.9 Å². The molecule has 1 aliphatic rings. The van der Waals surface area contributed by atoms with Crippen molar-refractivity contribution in [3.63, 3.8) is 0 Å². The van der Waals surface area contributed by atoms with E-state index in [0.29, 0.717) is 0 Å². The molecular formula is C21H31N4O+. The number of carbonyl (C=O) groups is 1. The highest BCUT2D eigenvalue weighted by Crippen LogP contribution is 2.23. The molecule has 1 aromatic carbocycles. The van der Waals surface area contributed by atoms with Crippen molar-refractivity contribution in [3.8, 4) is 5.69 Å². The van der Waals surface area contributed by atoms with Crippen molar-refractivity contribution >= 4 is 5.91 Å². The lowest BCUT2D eigenvalue weighted by molar-refractivity contribution is -0.902. The number of nitrogens with zero attached hydrogens (tertiary/aromatic N) is 3. The number of hydrogen-bond donors (Lipinski definition) is 1. The zero-order valence-electron chi connectivity index (χ0n) is 16.3. The van der Waals surface area contributed by atoms with Crippen LogP contribution in [0.25, 0.3) is 5.69 Å². The Bertz CT molecular complexity index is 730. The molecule has 0 saturated carbocycles. The molecule has 0 unspecified atom stereocenters. The zero-order chi connectivity index (χ0) is 18.5. The van der Waals surface area contributed by atoms with Crippen LogP contribution in [0.3, 0.4) is 0 Å². The highest BCUT2D eigenvalue weighted by molar-refractivity contribution is 5.96. The van der Waals surface area contributed by atoms with Crippen LogP contribution in [0.5, 0.6) is 0 Å². The second-order valence-electron chi connectivity index (χ2n) is 7.02. The summed E-state index contributed by atoms with van der Waals surface area (Å²) in [5.41, 5.74) is 3.86. The van der Waals surface area contributed by atoms with Crippen LogP contribution in [0.2, 0.25) is 0 Å². The van der Waals surface area contributed by atoms with Crippen molar-refractivity contribution in [1.29, 1.82) is 0 Å². The third-order valence-corrected chi connectivity index (χ3v) is 5.35. The lowest BCUT2D eigenvalue weighted by atomic mass is 10.1. The fourth-order valence-electron chi connectivity index (χ4n) is 3.81. The van der Waals surface area contributed by atoms with Crippen molar-refractivity contribution in [2.45, 2.75) is 40.0 Å². The monoisotopic (exact) mass is 355 g/mol. The molecule has 2 heterocycles. The molecule has 0 atom stereocenters. The summed E-state index contributed by atoms with van der Waals surface area (Å²) in [7, 11) is 0. The summed E-state index contributed by atoms with van der Waals surface area (Å²) in [6.07, 6.45) is 2.63. The van der Waals surface area contributed by atoms with E-state index in [2.05, 4.69) is 32.9 Å². The molecule has 1 amide bonds.